The van der Waals surface area contributed by atoms with E-state index in [0.29, 0.717) is 5.92 Å². The third-order valence-corrected chi connectivity index (χ3v) is 9.94. The molecule has 0 saturated heterocycles. The molecule has 6 nitrogen and oxygen atoms in total. The highest BCUT2D eigenvalue weighted by Crippen LogP contribution is 2.50. The molecule has 2 saturated carbocycles. The van der Waals surface area contributed by atoms with Gasteiger partial charge in [0.2, 0.25) is 4.34 Å². The van der Waals surface area contributed by atoms with Crippen molar-refractivity contribution in [2.24, 2.45) is 5.92 Å². The summed E-state index contributed by atoms with van der Waals surface area (Å²) in [5.41, 5.74) is 4.39. The Bertz CT molecular complexity index is 1130. The van der Waals surface area contributed by atoms with Crippen LogP contribution in [-0.4, -0.2) is 24.6 Å². The van der Waals surface area contributed by atoms with Gasteiger partial charge in [-0.25, -0.2) is 14.5 Å². The highest BCUT2D eigenvalue weighted by molar-refractivity contribution is 7.92. The lowest BCUT2D eigenvalue weighted by Gasteiger charge is -2.24. The van der Waals surface area contributed by atoms with Crippen LogP contribution in [0.1, 0.15) is 89.5 Å². The number of thiazole rings is 1. The van der Waals surface area contributed by atoms with E-state index in [1.165, 1.54) is 30.4 Å². The highest BCUT2D eigenvalue weighted by atomic mass is 32.2. The average molecular weight is 491 g/mol. The molecular weight excluding hydrogens is 456 g/mol. The molecule has 0 radical (unpaired) electrons. The Hall–Kier alpha value is -1.93. The van der Waals surface area contributed by atoms with E-state index in [2.05, 4.69) is 50.9 Å². The van der Waals surface area contributed by atoms with Crippen LogP contribution in [0.2, 0.25) is 0 Å². The molecule has 0 aliphatic heterocycles. The second kappa shape index (κ2) is 8.69. The van der Waals surface area contributed by atoms with E-state index in [4.69, 9.17) is 5.11 Å². The van der Waals surface area contributed by atoms with E-state index in [1.807, 2.05) is 0 Å². The van der Waals surface area contributed by atoms with Crippen molar-refractivity contribution in [2.75, 3.05) is 0 Å². The molecule has 2 aromatic rings. The summed E-state index contributed by atoms with van der Waals surface area (Å²) in [6.45, 7) is 8.84. The molecular formula is C25H34N2O4S2. The van der Waals surface area contributed by atoms with E-state index in [1.54, 1.807) is 4.72 Å². The number of rotatable bonds is 6. The Morgan fingerprint density at radius 2 is 1.85 bits per heavy atom. The zero-order valence-corrected chi connectivity index (χ0v) is 21.5. The second-order valence-electron chi connectivity index (χ2n) is 11.0. The van der Waals surface area contributed by atoms with Crippen LogP contribution in [0.25, 0.3) is 10.4 Å². The number of aromatic nitrogens is 1. The normalized spacial score (nSPS) is 18.8. The molecule has 2 aliphatic rings. The average Bonchev–Trinajstić information content (AvgIpc) is 3.33. The first-order valence-corrected chi connectivity index (χ1v) is 14.1. The molecule has 180 valence electrons. The van der Waals surface area contributed by atoms with Gasteiger partial charge in [-0.2, -0.15) is 8.42 Å². The zero-order chi connectivity index (χ0) is 24.0. The van der Waals surface area contributed by atoms with Gasteiger partial charge in [0.15, 0.2) is 0 Å². The lowest BCUT2D eigenvalue weighted by atomic mass is 9.82. The van der Waals surface area contributed by atoms with Crippen LogP contribution in [0, 0.1) is 5.92 Å². The third-order valence-electron chi connectivity index (χ3n) is 7.09. The van der Waals surface area contributed by atoms with Gasteiger partial charge in [-0.3, -0.25) is 0 Å². The molecule has 1 aromatic heterocycles. The molecule has 0 spiro atoms. The molecule has 1 heterocycles. The molecule has 0 unspecified atom stereocenters. The van der Waals surface area contributed by atoms with Gasteiger partial charge in [-0.05, 0) is 64.8 Å². The molecule has 2 aliphatic carbocycles. The number of carboxylic acid groups (broad SMARTS) is 1. The molecule has 0 atom stereocenters. The number of hydrogen-bond donors (Lipinski definition) is 2. The number of hydrogen-bond acceptors (Lipinski definition) is 5. The van der Waals surface area contributed by atoms with E-state index in [0.717, 1.165) is 59.6 Å². The standard InChI is InChI=1S/C25H34N2O4S2/c1-24(2,3)18-13-17(14-19(15-18)25(4)10-11-25)21-20(12-16-8-6-5-7-9-16)26-23(32-21)33(30,31)27-22(28)29/h13-16,27H,5-12H2,1-4H3,(H,28,29). The van der Waals surface area contributed by atoms with Crippen LogP contribution < -0.4 is 4.72 Å². The summed E-state index contributed by atoms with van der Waals surface area (Å²) in [6.07, 6.45) is 7.31. The van der Waals surface area contributed by atoms with Crippen LogP contribution in [-0.2, 0) is 27.3 Å². The maximum absolute atomic E-state index is 12.7. The van der Waals surface area contributed by atoms with Gasteiger partial charge in [-0.1, -0.05) is 65.9 Å². The molecule has 2 N–H and O–H groups in total. The van der Waals surface area contributed by atoms with Crippen molar-refractivity contribution in [3.8, 4) is 10.4 Å². The largest absolute Gasteiger partial charge is 0.464 e. The maximum Gasteiger partial charge on any atom is 0.418 e. The number of sulfonamides is 1. The van der Waals surface area contributed by atoms with Crippen LogP contribution in [0.5, 0.6) is 0 Å². The van der Waals surface area contributed by atoms with Gasteiger partial charge in [0.1, 0.15) is 0 Å². The number of nitrogens with zero attached hydrogens (tertiary/aromatic N) is 1. The molecule has 1 aromatic carbocycles. The second-order valence-corrected chi connectivity index (χ2v) is 13.8. The summed E-state index contributed by atoms with van der Waals surface area (Å²) in [5.74, 6) is 0.480. The lowest BCUT2D eigenvalue weighted by Crippen LogP contribution is -2.28. The Kier molecular flexibility index (Phi) is 6.37. The topological polar surface area (TPSA) is 96.4 Å². The monoisotopic (exact) mass is 490 g/mol. The van der Waals surface area contributed by atoms with Gasteiger partial charge in [-0.15, -0.1) is 11.3 Å². The van der Waals surface area contributed by atoms with E-state index < -0.39 is 16.1 Å². The lowest BCUT2D eigenvalue weighted by molar-refractivity contribution is 0.201. The molecule has 4 rings (SSSR count). The number of carbonyl (C=O) groups is 1. The Balaban J connectivity index is 1.83. The minimum atomic E-state index is -4.22. The van der Waals surface area contributed by atoms with Gasteiger partial charge < -0.3 is 5.11 Å². The summed E-state index contributed by atoms with van der Waals surface area (Å²) >= 11 is 1.08. The van der Waals surface area contributed by atoms with Crippen LogP contribution >= 0.6 is 11.3 Å². The van der Waals surface area contributed by atoms with Crippen molar-refractivity contribution >= 4 is 27.5 Å². The van der Waals surface area contributed by atoms with Gasteiger partial charge in [0, 0.05) is 0 Å². The number of nitrogens with one attached hydrogen (secondary N) is 1. The first kappa shape index (κ1) is 24.2. The summed E-state index contributed by atoms with van der Waals surface area (Å²) in [7, 11) is -4.22. The summed E-state index contributed by atoms with van der Waals surface area (Å²) in [5, 5.41) is 9.01. The van der Waals surface area contributed by atoms with Crippen molar-refractivity contribution in [1.82, 2.24) is 9.71 Å². The smallest absolute Gasteiger partial charge is 0.418 e. The highest BCUT2D eigenvalue weighted by Gasteiger charge is 2.40. The first-order chi connectivity index (χ1) is 15.4. The van der Waals surface area contributed by atoms with Crippen LogP contribution in [0.15, 0.2) is 22.5 Å². The fourth-order valence-electron chi connectivity index (χ4n) is 4.65. The van der Waals surface area contributed by atoms with Crippen molar-refractivity contribution in [3.05, 3.63) is 35.0 Å². The number of amides is 1. The van der Waals surface area contributed by atoms with Gasteiger partial charge >= 0.3 is 6.09 Å². The van der Waals surface area contributed by atoms with Gasteiger partial charge in [0.25, 0.3) is 10.0 Å². The minimum absolute atomic E-state index is 0.0516. The Morgan fingerprint density at radius 1 is 1.18 bits per heavy atom. The maximum atomic E-state index is 12.7. The third kappa shape index (κ3) is 5.43. The molecule has 1 amide bonds. The molecule has 8 heteroatoms. The zero-order valence-electron chi connectivity index (χ0n) is 19.9. The number of benzene rings is 1. The van der Waals surface area contributed by atoms with Crippen molar-refractivity contribution in [1.29, 1.82) is 0 Å². The van der Waals surface area contributed by atoms with Crippen molar-refractivity contribution in [3.63, 3.8) is 0 Å². The fourth-order valence-corrected chi connectivity index (χ4v) is 6.82. The molecule has 2 fully saturated rings. The van der Waals surface area contributed by atoms with Gasteiger partial charge in [0.05, 0.1) is 10.6 Å². The SMILES string of the molecule is CC(C)(C)c1cc(-c2sc(S(=O)(=O)NC(=O)O)nc2CC2CCCCC2)cc(C2(C)CC2)c1. The molecule has 33 heavy (non-hydrogen) atoms. The van der Waals surface area contributed by atoms with E-state index >= 15 is 0 Å². The Labute approximate surface area is 200 Å². The quantitative estimate of drug-likeness (QED) is 0.500. The van der Waals surface area contributed by atoms with Crippen molar-refractivity contribution in [2.45, 2.75) is 94.2 Å². The first-order valence-electron chi connectivity index (χ1n) is 11.8. The Morgan fingerprint density at radius 3 is 2.42 bits per heavy atom. The predicted molar refractivity (Wildman–Crippen MR) is 131 cm³/mol. The van der Waals surface area contributed by atoms with Crippen LogP contribution in [0.4, 0.5) is 4.79 Å². The van der Waals surface area contributed by atoms with Crippen LogP contribution in [0.3, 0.4) is 0 Å². The molecule has 0 bridgehead atoms. The summed E-state index contributed by atoms with van der Waals surface area (Å²) < 4.78 is 26.8. The van der Waals surface area contributed by atoms with Crippen molar-refractivity contribution < 1.29 is 18.3 Å². The summed E-state index contributed by atoms with van der Waals surface area (Å²) in [6, 6.07) is 6.65. The fraction of sp³-hybridized carbons (Fsp3) is 0.600. The minimum Gasteiger partial charge on any atom is -0.464 e. The predicted octanol–water partition coefficient (Wildman–Crippen LogP) is 6.24. The van der Waals surface area contributed by atoms with E-state index in [9.17, 15) is 13.2 Å². The summed E-state index contributed by atoms with van der Waals surface area (Å²) in [4.78, 5) is 16.4. The van der Waals surface area contributed by atoms with E-state index in [-0.39, 0.29) is 15.2 Å².